The fraction of sp³-hybridized carbons (Fsp3) is 1.00. The SMILES string of the molecule is CCCCOCC(CO)OC(COCCCC)COC(CO)CO. The summed E-state index contributed by atoms with van der Waals surface area (Å²) in [5.74, 6) is 0. The van der Waals surface area contributed by atoms with E-state index in [4.69, 9.17) is 29.2 Å². The van der Waals surface area contributed by atoms with Gasteiger partial charge in [0.15, 0.2) is 0 Å². The van der Waals surface area contributed by atoms with E-state index in [2.05, 4.69) is 13.8 Å². The van der Waals surface area contributed by atoms with Gasteiger partial charge in [0, 0.05) is 13.2 Å². The van der Waals surface area contributed by atoms with Crippen LogP contribution in [0.1, 0.15) is 39.5 Å². The number of aliphatic hydroxyl groups excluding tert-OH is 3. The summed E-state index contributed by atoms with van der Waals surface area (Å²) in [5, 5.41) is 27.6. The van der Waals surface area contributed by atoms with Gasteiger partial charge in [-0.3, -0.25) is 0 Å². The number of hydrogen-bond acceptors (Lipinski definition) is 7. The van der Waals surface area contributed by atoms with Crippen molar-refractivity contribution in [3.8, 4) is 0 Å². The minimum Gasteiger partial charge on any atom is -0.394 e. The molecule has 0 heterocycles. The van der Waals surface area contributed by atoms with Crippen LogP contribution in [-0.4, -0.2) is 86.5 Å². The highest BCUT2D eigenvalue weighted by Crippen LogP contribution is 2.05. The normalized spacial score (nSPS) is 14.2. The summed E-state index contributed by atoms with van der Waals surface area (Å²) in [7, 11) is 0. The molecule has 0 bridgehead atoms. The van der Waals surface area contributed by atoms with Crippen molar-refractivity contribution in [2.24, 2.45) is 0 Å². The topological polar surface area (TPSA) is 97.6 Å². The van der Waals surface area contributed by atoms with Crippen LogP contribution in [0.25, 0.3) is 0 Å². The Kier molecular flexibility index (Phi) is 17.3. The van der Waals surface area contributed by atoms with E-state index in [1.54, 1.807) is 0 Å². The number of hydrogen-bond donors (Lipinski definition) is 3. The summed E-state index contributed by atoms with van der Waals surface area (Å²) in [6.07, 6.45) is 2.55. The van der Waals surface area contributed by atoms with Crippen molar-refractivity contribution in [3.05, 3.63) is 0 Å². The molecule has 0 spiro atoms. The first-order valence-corrected chi connectivity index (χ1v) is 8.96. The summed E-state index contributed by atoms with van der Waals surface area (Å²) in [4.78, 5) is 0. The van der Waals surface area contributed by atoms with Gasteiger partial charge in [-0.1, -0.05) is 26.7 Å². The Morgan fingerprint density at radius 3 is 1.62 bits per heavy atom. The standard InChI is InChI=1S/C17H36O7/c1-3-5-7-21-12-16(11-20)24-17(13-22-8-6-4-2)14-23-15(9-18)10-19/h15-20H,3-14H2,1-2H3. The van der Waals surface area contributed by atoms with Crippen LogP contribution in [0, 0.1) is 0 Å². The maximum Gasteiger partial charge on any atom is 0.105 e. The minimum atomic E-state index is -0.639. The molecule has 0 aromatic carbocycles. The van der Waals surface area contributed by atoms with Crippen LogP contribution in [0.15, 0.2) is 0 Å². The molecule has 0 amide bonds. The number of aliphatic hydroxyl groups is 3. The maximum absolute atomic E-state index is 9.44. The first-order chi connectivity index (χ1) is 11.7. The van der Waals surface area contributed by atoms with Crippen LogP contribution >= 0.6 is 0 Å². The van der Waals surface area contributed by atoms with Crippen LogP contribution in [0.2, 0.25) is 0 Å². The van der Waals surface area contributed by atoms with Gasteiger partial charge in [0.2, 0.25) is 0 Å². The average molecular weight is 352 g/mol. The van der Waals surface area contributed by atoms with Crippen molar-refractivity contribution in [2.75, 3.05) is 52.9 Å². The quantitative estimate of drug-likeness (QED) is 0.313. The molecule has 24 heavy (non-hydrogen) atoms. The lowest BCUT2D eigenvalue weighted by Crippen LogP contribution is -2.37. The molecule has 0 aromatic rings. The van der Waals surface area contributed by atoms with Crippen LogP contribution < -0.4 is 0 Å². The first kappa shape index (κ1) is 23.7. The summed E-state index contributed by atoms with van der Waals surface area (Å²) in [5.41, 5.74) is 0. The van der Waals surface area contributed by atoms with Crippen LogP contribution in [0.4, 0.5) is 0 Å². The number of rotatable bonds is 18. The fourth-order valence-electron chi connectivity index (χ4n) is 1.86. The third-order valence-corrected chi connectivity index (χ3v) is 3.41. The molecule has 0 fully saturated rings. The maximum atomic E-state index is 9.44. The van der Waals surface area contributed by atoms with Crippen LogP contribution in [-0.2, 0) is 18.9 Å². The molecule has 2 atom stereocenters. The monoisotopic (exact) mass is 352 g/mol. The number of unbranched alkanes of at least 4 members (excludes halogenated alkanes) is 2. The minimum absolute atomic E-state index is 0.152. The summed E-state index contributed by atoms with van der Waals surface area (Å²) in [6, 6.07) is 0. The highest BCUT2D eigenvalue weighted by Gasteiger charge is 2.19. The second-order valence-corrected chi connectivity index (χ2v) is 5.74. The average Bonchev–Trinajstić information content (AvgIpc) is 2.61. The zero-order chi connectivity index (χ0) is 18.0. The van der Waals surface area contributed by atoms with Crippen molar-refractivity contribution in [1.29, 1.82) is 0 Å². The highest BCUT2D eigenvalue weighted by molar-refractivity contribution is 4.64. The Bertz CT molecular complexity index is 249. The molecule has 7 heteroatoms. The third-order valence-electron chi connectivity index (χ3n) is 3.41. The fourth-order valence-corrected chi connectivity index (χ4v) is 1.86. The van der Waals surface area contributed by atoms with E-state index in [-0.39, 0.29) is 26.4 Å². The van der Waals surface area contributed by atoms with Gasteiger partial charge in [0.05, 0.1) is 39.6 Å². The zero-order valence-corrected chi connectivity index (χ0v) is 15.2. The zero-order valence-electron chi connectivity index (χ0n) is 15.2. The number of ether oxygens (including phenoxy) is 4. The van der Waals surface area contributed by atoms with Gasteiger partial charge in [-0.15, -0.1) is 0 Å². The van der Waals surface area contributed by atoms with E-state index in [1.165, 1.54) is 0 Å². The Morgan fingerprint density at radius 1 is 0.667 bits per heavy atom. The smallest absolute Gasteiger partial charge is 0.105 e. The molecule has 2 unspecified atom stereocenters. The molecule has 0 saturated heterocycles. The molecule has 0 saturated carbocycles. The van der Waals surface area contributed by atoms with Crippen LogP contribution in [0.5, 0.6) is 0 Å². The van der Waals surface area contributed by atoms with Crippen molar-refractivity contribution < 1.29 is 34.3 Å². The van der Waals surface area contributed by atoms with Gasteiger partial charge in [-0.05, 0) is 12.8 Å². The molecule has 0 aliphatic carbocycles. The van der Waals surface area contributed by atoms with Crippen molar-refractivity contribution >= 4 is 0 Å². The van der Waals surface area contributed by atoms with E-state index in [9.17, 15) is 5.11 Å². The van der Waals surface area contributed by atoms with E-state index < -0.39 is 18.3 Å². The van der Waals surface area contributed by atoms with E-state index in [0.29, 0.717) is 26.4 Å². The predicted molar refractivity (Wildman–Crippen MR) is 91.1 cm³/mol. The second-order valence-electron chi connectivity index (χ2n) is 5.74. The molecule has 0 radical (unpaired) electrons. The van der Waals surface area contributed by atoms with Crippen molar-refractivity contribution in [1.82, 2.24) is 0 Å². The Labute approximate surface area is 145 Å². The molecule has 7 nitrogen and oxygen atoms in total. The summed E-state index contributed by atoms with van der Waals surface area (Å²) < 4.78 is 22.3. The lowest BCUT2D eigenvalue weighted by Gasteiger charge is -2.25. The summed E-state index contributed by atoms with van der Waals surface area (Å²) in [6.45, 7) is 5.59. The van der Waals surface area contributed by atoms with Gasteiger partial charge < -0.3 is 34.3 Å². The Morgan fingerprint density at radius 2 is 1.17 bits per heavy atom. The van der Waals surface area contributed by atoms with E-state index in [0.717, 1.165) is 25.7 Å². The van der Waals surface area contributed by atoms with Gasteiger partial charge in [0.1, 0.15) is 18.3 Å². The predicted octanol–water partition coefficient (Wildman–Crippen LogP) is 0.736. The first-order valence-electron chi connectivity index (χ1n) is 8.96. The molecular weight excluding hydrogens is 316 g/mol. The van der Waals surface area contributed by atoms with Gasteiger partial charge >= 0.3 is 0 Å². The van der Waals surface area contributed by atoms with Gasteiger partial charge in [-0.25, -0.2) is 0 Å². The van der Waals surface area contributed by atoms with Gasteiger partial charge in [-0.2, -0.15) is 0 Å². The molecular formula is C17H36O7. The van der Waals surface area contributed by atoms with Crippen molar-refractivity contribution in [2.45, 2.75) is 57.8 Å². The molecule has 0 rings (SSSR count). The Balaban J connectivity index is 4.30. The largest absolute Gasteiger partial charge is 0.394 e. The highest BCUT2D eigenvalue weighted by atomic mass is 16.6. The van der Waals surface area contributed by atoms with E-state index in [1.807, 2.05) is 0 Å². The third kappa shape index (κ3) is 13.1. The summed E-state index contributed by atoms with van der Waals surface area (Å²) >= 11 is 0. The van der Waals surface area contributed by atoms with Gasteiger partial charge in [0.25, 0.3) is 0 Å². The molecule has 3 N–H and O–H groups in total. The van der Waals surface area contributed by atoms with Crippen LogP contribution in [0.3, 0.4) is 0 Å². The molecule has 0 aliphatic heterocycles. The molecule has 0 aromatic heterocycles. The second kappa shape index (κ2) is 17.5. The van der Waals surface area contributed by atoms with Crippen molar-refractivity contribution in [3.63, 3.8) is 0 Å². The van der Waals surface area contributed by atoms with E-state index >= 15 is 0 Å². The lowest BCUT2D eigenvalue weighted by atomic mass is 10.3. The lowest BCUT2D eigenvalue weighted by molar-refractivity contribution is -0.138. The Hall–Kier alpha value is -0.280. The molecule has 146 valence electrons. The molecule has 0 aliphatic rings.